The predicted octanol–water partition coefficient (Wildman–Crippen LogP) is 5.40. The zero-order valence-corrected chi connectivity index (χ0v) is 16.5. The van der Waals surface area contributed by atoms with E-state index >= 15 is 0 Å². The van der Waals surface area contributed by atoms with Crippen molar-refractivity contribution in [3.63, 3.8) is 0 Å². The first kappa shape index (κ1) is 20.2. The maximum Gasteiger partial charge on any atom is 0.131 e. The molecule has 0 radical (unpaired) electrons. The fraction of sp³-hybridized carbons (Fsp3) is 0.217. The van der Waals surface area contributed by atoms with Gasteiger partial charge in [-0.2, -0.15) is 0 Å². The lowest BCUT2D eigenvalue weighted by molar-refractivity contribution is 0.300. The highest BCUT2D eigenvalue weighted by Crippen LogP contribution is 2.22. The van der Waals surface area contributed by atoms with Gasteiger partial charge >= 0.3 is 0 Å². The van der Waals surface area contributed by atoms with Gasteiger partial charge in [0.15, 0.2) is 0 Å². The van der Waals surface area contributed by atoms with Crippen LogP contribution in [0.25, 0.3) is 0 Å². The largest absolute Gasteiger partial charge is 0.496 e. The van der Waals surface area contributed by atoms with Crippen LogP contribution in [0, 0.1) is 5.82 Å². The Morgan fingerprint density at radius 2 is 1.75 bits per heavy atom. The van der Waals surface area contributed by atoms with Gasteiger partial charge < -0.3 is 14.8 Å². The summed E-state index contributed by atoms with van der Waals surface area (Å²) in [5, 5.41) is 3.80. The van der Waals surface area contributed by atoms with Gasteiger partial charge in [-0.05, 0) is 54.4 Å². The molecule has 1 N–H and O–H groups in total. The SMILES string of the molecule is COc1ccccc1CCNCc1ccc(OCc2c(F)cccc2Cl)cc1. The molecule has 28 heavy (non-hydrogen) atoms. The highest BCUT2D eigenvalue weighted by atomic mass is 35.5. The number of hydrogen-bond donors (Lipinski definition) is 1. The molecule has 0 aromatic heterocycles. The van der Waals surface area contributed by atoms with Gasteiger partial charge in [0.25, 0.3) is 0 Å². The molecule has 0 spiro atoms. The second-order valence-corrected chi connectivity index (χ2v) is 6.78. The number of nitrogens with one attached hydrogen (secondary N) is 1. The molecule has 0 heterocycles. The van der Waals surface area contributed by atoms with Crippen molar-refractivity contribution in [1.29, 1.82) is 0 Å². The fourth-order valence-electron chi connectivity index (χ4n) is 2.89. The predicted molar refractivity (Wildman–Crippen MR) is 111 cm³/mol. The Kier molecular flexibility index (Phi) is 7.29. The highest BCUT2D eigenvalue weighted by Gasteiger charge is 2.07. The van der Waals surface area contributed by atoms with E-state index in [1.165, 1.54) is 11.6 Å². The monoisotopic (exact) mass is 399 g/mol. The van der Waals surface area contributed by atoms with E-state index < -0.39 is 0 Å². The third-order valence-corrected chi connectivity index (χ3v) is 4.82. The molecule has 0 fully saturated rings. The van der Waals surface area contributed by atoms with Crippen LogP contribution in [-0.4, -0.2) is 13.7 Å². The van der Waals surface area contributed by atoms with Crippen molar-refractivity contribution in [2.24, 2.45) is 0 Å². The van der Waals surface area contributed by atoms with E-state index in [-0.39, 0.29) is 12.4 Å². The summed E-state index contributed by atoms with van der Waals surface area (Å²) in [5.74, 6) is 1.24. The highest BCUT2D eigenvalue weighted by molar-refractivity contribution is 6.31. The maximum absolute atomic E-state index is 13.8. The Morgan fingerprint density at radius 1 is 0.964 bits per heavy atom. The maximum atomic E-state index is 13.8. The summed E-state index contributed by atoms with van der Waals surface area (Å²) >= 11 is 6.02. The molecule has 146 valence electrons. The molecule has 0 saturated heterocycles. The van der Waals surface area contributed by atoms with E-state index in [0.717, 1.165) is 30.8 Å². The van der Waals surface area contributed by atoms with Gasteiger partial charge in [-0.25, -0.2) is 4.39 Å². The first-order valence-electron chi connectivity index (χ1n) is 9.14. The van der Waals surface area contributed by atoms with E-state index in [1.807, 2.05) is 42.5 Å². The molecular formula is C23H23ClFNO2. The Morgan fingerprint density at radius 3 is 2.50 bits per heavy atom. The minimum Gasteiger partial charge on any atom is -0.496 e. The Hall–Kier alpha value is -2.56. The second-order valence-electron chi connectivity index (χ2n) is 6.37. The first-order valence-corrected chi connectivity index (χ1v) is 9.52. The van der Waals surface area contributed by atoms with Crippen molar-refractivity contribution in [3.05, 3.63) is 94.3 Å². The average Bonchev–Trinajstić information content (AvgIpc) is 2.72. The minimum absolute atomic E-state index is 0.0992. The van der Waals surface area contributed by atoms with Crippen molar-refractivity contribution < 1.29 is 13.9 Å². The molecule has 0 aliphatic carbocycles. The Balaban J connectivity index is 1.45. The lowest BCUT2D eigenvalue weighted by Gasteiger charge is -2.11. The summed E-state index contributed by atoms with van der Waals surface area (Å²) in [5.41, 5.74) is 2.70. The smallest absolute Gasteiger partial charge is 0.131 e. The van der Waals surface area contributed by atoms with Crippen molar-refractivity contribution >= 4 is 11.6 Å². The molecule has 0 unspecified atom stereocenters. The number of halogens is 2. The van der Waals surface area contributed by atoms with Gasteiger partial charge in [0, 0.05) is 12.1 Å². The summed E-state index contributed by atoms with van der Waals surface area (Å²) in [4.78, 5) is 0. The summed E-state index contributed by atoms with van der Waals surface area (Å²) in [6.07, 6.45) is 0.897. The zero-order valence-electron chi connectivity index (χ0n) is 15.8. The van der Waals surface area contributed by atoms with Crippen LogP contribution in [0.15, 0.2) is 66.7 Å². The minimum atomic E-state index is -0.358. The van der Waals surface area contributed by atoms with Crippen molar-refractivity contribution in [1.82, 2.24) is 5.32 Å². The van der Waals surface area contributed by atoms with Gasteiger partial charge in [-0.3, -0.25) is 0 Å². The molecule has 5 heteroatoms. The summed E-state index contributed by atoms with van der Waals surface area (Å²) < 4.78 is 24.8. The van der Waals surface area contributed by atoms with E-state index in [0.29, 0.717) is 16.3 Å². The van der Waals surface area contributed by atoms with Gasteiger partial charge in [-0.1, -0.05) is 48.0 Å². The van der Waals surface area contributed by atoms with Gasteiger partial charge in [-0.15, -0.1) is 0 Å². The van der Waals surface area contributed by atoms with Crippen LogP contribution < -0.4 is 14.8 Å². The van der Waals surface area contributed by atoms with E-state index in [1.54, 1.807) is 19.2 Å². The lowest BCUT2D eigenvalue weighted by atomic mass is 10.1. The molecular weight excluding hydrogens is 377 g/mol. The van der Waals surface area contributed by atoms with E-state index in [2.05, 4.69) is 11.4 Å². The summed E-state index contributed by atoms with van der Waals surface area (Å²) in [6, 6.07) is 20.4. The zero-order chi connectivity index (χ0) is 19.8. The fourth-order valence-corrected chi connectivity index (χ4v) is 3.11. The van der Waals surface area contributed by atoms with E-state index in [4.69, 9.17) is 21.1 Å². The number of methoxy groups -OCH3 is 1. The number of ether oxygens (including phenoxy) is 2. The molecule has 3 aromatic rings. The molecule has 3 nitrogen and oxygen atoms in total. The van der Waals surface area contributed by atoms with Gasteiger partial charge in [0.2, 0.25) is 0 Å². The van der Waals surface area contributed by atoms with Gasteiger partial charge in [0.1, 0.15) is 23.9 Å². The van der Waals surface area contributed by atoms with Crippen molar-refractivity contribution in [2.75, 3.05) is 13.7 Å². The molecule has 3 rings (SSSR count). The van der Waals surface area contributed by atoms with Crippen molar-refractivity contribution in [3.8, 4) is 11.5 Å². The summed E-state index contributed by atoms with van der Waals surface area (Å²) in [7, 11) is 1.69. The molecule has 0 saturated carbocycles. The standard InChI is InChI=1S/C23H23ClFNO2/c1-27-23-8-3-2-5-18(23)13-14-26-15-17-9-11-19(12-10-17)28-16-20-21(24)6-4-7-22(20)25/h2-12,26H,13-16H2,1H3. The first-order chi connectivity index (χ1) is 13.7. The molecule has 3 aromatic carbocycles. The molecule has 0 atom stereocenters. The quantitative estimate of drug-likeness (QED) is 0.489. The number of rotatable bonds is 9. The van der Waals surface area contributed by atoms with Gasteiger partial charge in [0.05, 0.1) is 12.1 Å². The number of benzene rings is 3. The normalized spacial score (nSPS) is 10.7. The van der Waals surface area contributed by atoms with Crippen LogP contribution in [-0.2, 0) is 19.6 Å². The molecule has 0 aliphatic heterocycles. The topological polar surface area (TPSA) is 30.5 Å². The third-order valence-electron chi connectivity index (χ3n) is 4.46. The Labute approximate surface area is 170 Å². The van der Waals surface area contributed by atoms with Crippen LogP contribution in [0.5, 0.6) is 11.5 Å². The van der Waals surface area contributed by atoms with Crippen LogP contribution in [0.1, 0.15) is 16.7 Å². The van der Waals surface area contributed by atoms with Crippen molar-refractivity contribution in [2.45, 2.75) is 19.6 Å². The molecule has 0 bridgehead atoms. The average molecular weight is 400 g/mol. The number of para-hydroxylation sites is 1. The second kappa shape index (κ2) is 10.1. The van der Waals surface area contributed by atoms with E-state index in [9.17, 15) is 4.39 Å². The third kappa shape index (κ3) is 5.47. The Bertz CT molecular complexity index is 879. The van der Waals surface area contributed by atoms with Crippen LogP contribution in [0.3, 0.4) is 0 Å². The summed E-state index contributed by atoms with van der Waals surface area (Å²) in [6.45, 7) is 1.71. The molecule has 0 amide bonds. The van der Waals surface area contributed by atoms with Crippen LogP contribution in [0.4, 0.5) is 4.39 Å². The lowest BCUT2D eigenvalue weighted by Crippen LogP contribution is -2.16. The van der Waals surface area contributed by atoms with Crippen LogP contribution >= 0.6 is 11.6 Å². The van der Waals surface area contributed by atoms with Crippen LogP contribution in [0.2, 0.25) is 5.02 Å². The number of hydrogen-bond acceptors (Lipinski definition) is 3. The molecule has 0 aliphatic rings.